The van der Waals surface area contributed by atoms with Crippen molar-refractivity contribution in [3.63, 3.8) is 0 Å². The smallest absolute Gasteiger partial charge is 0.354 e. The van der Waals surface area contributed by atoms with E-state index in [9.17, 15) is 4.79 Å². The number of carbonyl (C=O) groups excluding carboxylic acids is 1. The fourth-order valence-corrected chi connectivity index (χ4v) is 4.21. The van der Waals surface area contributed by atoms with Crippen molar-refractivity contribution in [2.45, 2.75) is 25.4 Å². The highest BCUT2D eigenvalue weighted by molar-refractivity contribution is 9.10. The second-order valence-electron chi connectivity index (χ2n) is 6.68. The minimum atomic E-state index is -0.290. The van der Waals surface area contributed by atoms with E-state index in [0.717, 1.165) is 42.9 Å². The SMILES string of the molecule is CCOC(=O)C1=NN(c2cccc(Br)c2)C2CCN(C3COC3)CC12. The number of hydrogen-bond acceptors (Lipinski definition) is 6. The van der Waals surface area contributed by atoms with E-state index in [1.165, 1.54) is 0 Å². The van der Waals surface area contributed by atoms with E-state index in [0.29, 0.717) is 18.4 Å². The Hall–Kier alpha value is -1.44. The summed E-state index contributed by atoms with van der Waals surface area (Å²) >= 11 is 3.52. The average molecular weight is 408 g/mol. The van der Waals surface area contributed by atoms with Crippen LogP contribution in [0.4, 0.5) is 5.69 Å². The lowest BCUT2D eigenvalue weighted by Gasteiger charge is -2.44. The molecule has 0 bridgehead atoms. The maximum Gasteiger partial charge on any atom is 0.354 e. The number of rotatable bonds is 4. The fourth-order valence-electron chi connectivity index (χ4n) is 3.82. The zero-order valence-electron chi connectivity index (χ0n) is 14.2. The van der Waals surface area contributed by atoms with Gasteiger partial charge in [-0.1, -0.05) is 22.0 Å². The van der Waals surface area contributed by atoms with Gasteiger partial charge in [0.2, 0.25) is 0 Å². The van der Waals surface area contributed by atoms with Crippen LogP contribution in [0.1, 0.15) is 13.3 Å². The van der Waals surface area contributed by atoms with Crippen molar-refractivity contribution in [1.82, 2.24) is 4.90 Å². The van der Waals surface area contributed by atoms with Gasteiger partial charge >= 0.3 is 5.97 Å². The summed E-state index contributed by atoms with van der Waals surface area (Å²) in [4.78, 5) is 14.9. The number of ether oxygens (including phenoxy) is 2. The standard InChI is InChI=1S/C18H22BrN3O3/c1-2-25-18(23)17-15-9-21(14-10-24-11-14)7-6-16(15)22(20-17)13-5-3-4-12(19)8-13/h3-5,8,14-16H,2,6-7,9-11H2,1H3. The van der Waals surface area contributed by atoms with Crippen LogP contribution in [0.15, 0.2) is 33.8 Å². The number of likely N-dealkylation sites (tertiary alicyclic amines) is 1. The number of carbonyl (C=O) groups is 1. The van der Waals surface area contributed by atoms with Crippen molar-refractivity contribution in [2.24, 2.45) is 11.0 Å². The number of fused-ring (bicyclic) bond motifs is 1. The monoisotopic (exact) mass is 407 g/mol. The van der Waals surface area contributed by atoms with Gasteiger partial charge in [0.25, 0.3) is 0 Å². The summed E-state index contributed by atoms with van der Waals surface area (Å²) in [5, 5.41) is 6.71. The Labute approximate surface area is 155 Å². The van der Waals surface area contributed by atoms with Gasteiger partial charge in [-0.2, -0.15) is 5.10 Å². The molecule has 3 heterocycles. The van der Waals surface area contributed by atoms with E-state index in [1.807, 2.05) is 36.2 Å². The Morgan fingerprint density at radius 2 is 2.28 bits per heavy atom. The molecule has 6 nitrogen and oxygen atoms in total. The Bertz CT molecular complexity index is 692. The van der Waals surface area contributed by atoms with Crippen LogP contribution in [0.3, 0.4) is 0 Å². The molecule has 2 unspecified atom stereocenters. The first-order chi connectivity index (χ1) is 12.2. The minimum Gasteiger partial charge on any atom is -0.461 e. The molecule has 2 saturated heterocycles. The second-order valence-corrected chi connectivity index (χ2v) is 7.59. The maximum atomic E-state index is 12.5. The van der Waals surface area contributed by atoms with Gasteiger partial charge in [0, 0.05) is 23.5 Å². The third-order valence-corrected chi connectivity index (χ3v) is 5.68. The van der Waals surface area contributed by atoms with E-state index in [1.54, 1.807) is 0 Å². The molecule has 7 heteroatoms. The molecule has 0 radical (unpaired) electrons. The Kier molecular flexibility index (Phi) is 4.80. The van der Waals surface area contributed by atoms with Crippen molar-refractivity contribution in [2.75, 3.05) is 37.9 Å². The van der Waals surface area contributed by atoms with Crippen LogP contribution in [-0.2, 0) is 14.3 Å². The summed E-state index contributed by atoms with van der Waals surface area (Å²) in [6, 6.07) is 8.74. The van der Waals surface area contributed by atoms with Crippen molar-refractivity contribution in [1.29, 1.82) is 0 Å². The van der Waals surface area contributed by atoms with Crippen molar-refractivity contribution < 1.29 is 14.3 Å². The highest BCUT2D eigenvalue weighted by Gasteiger charge is 2.46. The Morgan fingerprint density at radius 1 is 1.44 bits per heavy atom. The van der Waals surface area contributed by atoms with Crippen molar-refractivity contribution in [3.05, 3.63) is 28.7 Å². The number of halogens is 1. The van der Waals surface area contributed by atoms with Crippen LogP contribution in [-0.4, -0.2) is 61.6 Å². The van der Waals surface area contributed by atoms with Gasteiger partial charge in [-0.05, 0) is 31.5 Å². The van der Waals surface area contributed by atoms with Crippen LogP contribution in [0.2, 0.25) is 0 Å². The predicted molar refractivity (Wildman–Crippen MR) is 98.8 cm³/mol. The van der Waals surface area contributed by atoms with Crippen LogP contribution in [0.5, 0.6) is 0 Å². The zero-order chi connectivity index (χ0) is 17.4. The summed E-state index contributed by atoms with van der Waals surface area (Å²) in [6.45, 7) is 5.62. The number of anilines is 1. The summed E-state index contributed by atoms with van der Waals surface area (Å²) in [7, 11) is 0. The van der Waals surface area contributed by atoms with Gasteiger partial charge in [-0.25, -0.2) is 4.79 Å². The third-order valence-electron chi connectivity index (χ3n) is 5.18. The lowest BCUT2D eigenvalue weighted by atomic mass is 9.87. The molecule has 0 spiro atoms. The number of hydrazone groups is 1. The molecule has 4 rings (SSSR count). The van der Waals surface area contributed by atoms with E-state index < -0.39 is 0 Å². The summed E-state index contributed by atoms with van der Waals surface area (Å²) < 4.78 is 11.6. The number of benzene rings is 1. The third kappa shape index (κ3) is 3.20. The summed E-state index contributed by atoms with van der Waals surface area (Å²) in [5.41, 5.74) is 1.56. The lowest BCUT2D eigenvalue weighted by molar-refractivity contribution is -0.135. The van der Waals surface area contributed by atoms with E-state index in [4.69, 9.17) is 14.6 Å². The molecular weight excluding hydrogens is 386 g/mol. The van der Waals surface area contributed by atoms with Gasteiger partial charge in [0.05, 0.1) is 37.6 Å². The first-order valence-electron chi connectivity index (χ1n) is 8.79. The first kappa shape index (κ1) is 17.0. The molecule has 0 N–H and O–H groups in total. The largest absolute Gasteiger partial charge is 0.461 e. The second kappa shape index (κ2) is 7.05. The molecular formula is C18H22BrN3O3. The normalized spacial score (nSPS) is 26.8. The number of piperidine rings is 1. The molecule has 3 aliphatic heterocycles. The van der Waals surface area contributed by atoms with Crippen LogP contribution in [0, 0.1) is 5.92 Å². The Morgan fingerprint density at radius 3 is 2.96 bits per heavy atom. The summed E-state index contributed by atoms with van der Waals surface area (Å²) in [5.74, 6) is -0.214. The fraction of sp³-hybridized carbons (Fsp3) is 0.556. The summed E-state index contributed by atoms with van der Waals surface area (Å²) in [6.07, 6.45) is 0.972. The van der Waals surface area contributed by atoms with Crippen molar-refractivity contribution >= 4 is 33.3 Å². The number of esters is 1. The van der Waals surface area contributed by atoms with Crippen LogP contribution in [0.25, 0.3) is 0 Å². The molecule has 0 aromatic heterocycles. The topological polar surface area (TPSA) is 54.4 Å². The average Bonchev–Trinajstić information content (AvgIpc) is 2.92. The number of nitrogens with zero attached hydrogens (tertiary/aromatic N) is 3. The molecule has 134 valence electrons. The molecule has 2 fully saturated rings. The zero-order valence-corrected chi connectivity index (χ0v) is 15.8. The molecule has 3 aliphatic rings. The van der Waals surface area contributed by atoms with E-state index in [-0.39, 0.29) is 17.9 Å². The van der Waals surface area contributed by atoms with Crippen molar-refractivity contribution in [3.8, 4) is 0 Å². The molecule has 0 aliphatic carbocycles. The van der Waals surface area contributed by atoms with Gasteiger partial charge in [-0.15, -0.1) is 0 Å². The van der Waals surface area contributed by atoms with E-state index >= 15 is 0 Å². The quantitative estimate of drug-likeness (QED) is 0.716. The van der Waals surface area contributed by atoms with Gasteiger partial charge in [0.1, 0.15) is 0 Å². The van der Waals surface area contributed by atoms with E-state index in [2.05, 4.69) is 20.8 Å². The minimum absolute atomic E-state index is 0.0763. The molecule has 25 heavy (non-hydrogen) atoms. The van der Waals surface area contributed by atoms with Gasteiger partial charge in [0.15, 0.2) is 5.71 Å². The number of hydrogen-bond donors (Lipinski definition) is 0. The molecule has 0 amide bonds. The predicted octanol–water partition coefficient (Wildman–Crippen LogP) is 2.28. The molecule has 1 aromatic rings. The highest BCUT2D eigenvalue weighted by Crippen LogP contribution is 2.36. The molecule has 2 atom stereocenters. The molecule has 0 saturated carbocycles. The van der Waals surface area contributed by atoms with Crippen LogP contribution >= 0.6 is 15.9 Å². The van der Waals surface area contributed by atoms with Gasteiger partial charge < -0.3 is 9.47 Å². The highest BCUT2D eigenvalue weighted by atomic mass is 79.9. The lowest BCUT2D eigenvalue weighted by Crippen LogP contribution is -2.57. The van der Waals surface area contributed by atoms with Crippen LogP contribution < -0.4 is 5.01 Å². The Balaban J connectivity index is 1.62. The first-order valence-corrected chi connectivity index (χ1v) is 9.59. The molecule has 1 aromatic carbocycles. The van der Waals surface area contributed by atoms with Gasteiger partial charge in [-0.3, -0.25) is 9.91 Å². The maximum absolute atomic E-state index is 12.5.